The number of fused-ring (bicyclic) bond motifs is 1. The topological polar surface area (TPSA) is 60.7 Å². The van der Waals surface area contributed by atoms with Crippen molar-refractivity contribution in [3.63, 3.8) is 0 Å². The summed E-state index contributed by atoms with van der Waals surface area (Å²) in [5.74, 6) is 0.600. The van der Waals surface area contributed by atoms with Crippen LogP contribution >= 0.6 is 11.6 Å². The van der Waals surface area contributed by atoms with Crippen molar-refractivity contribution < 1.29 is 0 Å². The Hall–Kier alpha value is -2.27. The summed E-state index contributed by atoms with van der Waals surface area (Å²) in [5, 5.41) is 0.645. The molecule has 0 amide bonds. The second-order valence-electron chi connectivity index (χ2n) is 4.98. The van der Waals surface area contributed by atoms with Gasteiger partial charge in [0.15, 0.2) is 11.2 Å². The van der Waals surface area contributed by atoms with E-state index in [1.165, 1.54) is 12.4 Å². The Balaban J connectivity index is 2.26. The third kappa shape index (κ3) is 2.72. The standard InChI is InChI=1S/C16H15ClN4O/c1-2-3-10-21-15(11-4-6-12(17)7-5-11)20-14-13(16(21)22)18-8-9-19-14/h4-9H,2-3,10H2,1H3. The molecular weight excluding hydrogens is 300 g/mol. The highest BCUT2D eigenvalue weighted by molar-refractivity contribution is 6.30. The van der Waals surface area contributed by atoms with Gasteiger partial charge in [0.25, 0.3) is 5.56 Å². The van der Waals surface area contributed by atoms with E-state index in [-0.39, 0.29) is 5.56 Å². The zero-order chi connectivity index (χ0) is 15.5. The van der Waals surface area contributed by atoms with Crippen LogP contribution in [0.25, 0.3) is 22.6 Å². The molecule has 112 valence electrons. The highest BCUT2D eigenvalue weighted by Gasteiger charge is 2.13. The number of unbranched alkanes of at least 4 members (excludes halogenated alkanes) is 1. The molecule has 0 unspecified atom stereocenters. The van der Waals surface area contributed by atoms with Crippen LogP contribution in [-0.2, 0) is 6.54 Å². The van der Waals surface area contributed by atoms with E-state index >= 15 is 0 Å². The molecule has 2 aromatic heterocycles. The van der Waals surface area contributed by atoms with E-state index in [0.29, 0.717) is 28.6 Å². The van der Waals surface area contributed by atoms with Crippen LogP contribution in [0.3, 0.4) is 0 Å². The maximum absolute atomic E-state index is 12.7. The van der Waals surface area contributed by atoms with Crippen molar-refractivity contribution >= 4 is 22.8 Å². The van der Waals surface area contributed by atoms with E-state index in [9.17, 15) is 4.79 Å². The minimum absolute atomic E-state index is 0.156. The van der Waals surface area contributed by atoms with Crippen molar-refractivity contribution in [3.8, 4) is 11.4 Å². The molecular formula is C16H15ClN4O. The first-order chi connectivity index (χ1) is 10.7. The fourth-order valence-electron chi connectivity index (χ4n) is 2.29. The number of aromatic nitrogens is 4. The Kier molecular flexibility index (Phi) is 4.15. The van der Waals surface area contributed by atoms with Crippen LogP contribution in [0, 0.1) is 0 Å². The Morgan fingerprint density at radius 3 is 2.59 bits per heavy atom. The molecule has 0 saturated carbocycles. The molecule has 2 heterocycles. The van der Waals surface area contributed by atoms with Gasteiger partial charge in [-0.25, -0.2) is 15.0 Å². The number of rotatable bonds is 4. The quantitative estimate of drug-likeness (QED) is 0.741. The van der Waals surface area contributed by atoms with Crippen molar-refractivity contribution in [2.75, 3.05) is 0 Å². The average molecular weight is 315 g/mol. The van der Waals surface area contributed by atoms with E-state index in [4.69, 9.17) is 11.6 Å². The summed E-state index contributed by atoms with van der Waals surface area (Å²) in [6, 6.07) is 7.28. The van der Waals surface area contributed by atoms with Gasteiger partial charge in [-0.3, -0.25) is 9.36 Å². The van der Waals surface area contributed by atoms with Crippen molar-refractivity contribution in [1.29, 1.82) is 0 Å². The molecule has 1 aromatic carbocycles. The third-order valence-electron chi connectivity index (χ3n) is 3.43. The van der Waals surface area contributed by atoms with Crippen LogP contribution in [0.1, 0.15) is 19.8 Å². The van der Waals surface area contributed by atoms with E-state index in [1.807, 2.05) is 12.1 Å². The molecule has 0 aliphatic heterocycles. The summed E-state index contributed by atoms with van der Waals surface area (Å²) >= 11 is 5.94. The van der Waals surface area contributed by atoms with Crippen molar-refractivity contribution in [1.82, 2.24) is 19.5 Å². The minimum Gasteiger partial charge on any atom is -0.291 e. The Labute approximate surface area is 132 Å². The van der Waals surface area contributed by atoms with Gasteiger partial charge in [0.2, 0.25) is 0 Å². The maximum atomic E-state index is 12.7. The van der Waals surface area contributed by atoms with Crippen molar-refractivity contribution in [2.24, 2.45) is 0 Å². The van der Waals surface area contributed by atoms with Gasteiger partial charge in [-0.05, 0) is 30.7 Å². The Morgan fingerprint density at radius 2 is 1.86 bits per heavy atom. The summed E-state index contributed by atoms with van der Waals surface area (Å²) in [7, 11) is 0. The molecule has 0 radical (unpaired) electrons. The van der Waals surface area contributed by atoms with Gasteiger partial charge in [-0.1, -0.05) is 24.9 Å². The lowest BCUT2D eigenvalue weighted by atomic mass is 10.2. The minimum atomic E-state index is -0.156. The fourth-order valence-corrected chi connectivity index (χ4v) is 2.42. The first kappa shape index (κ1) is 14.7. The monoisotopic (exact) mass is 314 g/mol. The maximum Gasteiger partial charge on any atom is 0.281 e. The van der Waals surface area contributed by atoms with E-state index in [1.54, 1.807) is 16.7 Å². The predicted molar refractivity (Wildman–Crippen MR) is 86.9 cm³/mol. The largest absolute Gasteiger partial charge is 0.291 e. The molecule has 0 bridgehead atoms. The SMILES string of the molecule is CCCCn1c(-c2ccc(Cl)cc2)nc2nccnc2c1=O. The first-order valence-corrected chi connectivity index (χ1v) is 7.56. The second-order valence-corrected chi connectivity index (χ2v) is 5.42. The van der Waals surface area contributed by atoms with E-state index < -0.39 is 0 Å². The van der Waals surface area contributed by atoms with Gasteiger partial charge < -0.3 is 0 Å². The van der Waals surface area contributed by atoms with Crippen LogP contribution in [0.5, 0.6) is 0 Å². The smallest absolute Gasteiger partial charge is 0.281 e. The van der Waals surface area contributed by atoms with Crippen LogP contribution < -0.4 is 5.56 Å². The van der Waals surface area contributed by atoms with E-state index in [2.05, 4.69) is 21.9 Å². The molecule has 0 spiro atoms. The summed E-state index contributed by atoms with van der Waals surface area (Å²) in [6.45, 7) is 2.69. The highest BCUT2D eigenvalue weighted by atomic mass is 35.5. The van der Waals surface area contributed by atoms with Crippen molar-refractivity contribution in [2.45, 2.75) is 26.3 Å². The number of benzene rings is 1. The highest BCUT2D eigenvalue weighted by Crippen LogP contribution is 2.20. The lowest BCUT2D eigenvalue weighted by Crippen LogP contribution is -2.24. The zero-order valence-corrected chi connectivity index (χ0v) is 12.9. The number of hydrogen-bond donors (Lipinski definition) is 0. The molecule has 3 rings (SSSR count). The molecule has 0 aliphatic rings. The molecule has 5 nitrogen and oxygen atoms in total. The Bertz CT molecular complexity index is 858. The van der Waals surface area contributed by atoms with E-state index in [0.717, 1.165) is 18.4 Å². The summed E-state index contributed by atoms with van der Waals surface area (Å²) < 4.78 is 1.67. The molecule has 3 aromatic rings. The lowest BCUT2D eigenvalue weighted by molar-refractivity contribution is 0.614. The molecule has 6 heteroatoms. The lowest BCUT2D eigenvalue weighted by Gasteiger charge is -2.12. The molecule has 0 N–H and O–H groups in total. The first-order valence-electron chi connectivity index (χ1n) is 7.18. The fraction of sp³-hybridized carbons (Fsp3) is 0.250. The third-order valence-corrected chi connectivity index (χ3v) is 3.68. The van der Waals surface area contributed by atoms with Crippen LogP contribution in [0.2, 0.25) is 5.02 Å². The number of nitrogens with zero attached hydrogens (tertiary/aromatic N) is 4. The Morgan fingerprint density at radius 1 is 1.14 bits per heavy atom. The summed E-state index contributed by atoms with van der Waals surface area (Å²) in [5.41, 5.74) is 1.35. The molecule has 22 heavy (non-hydrogen) atoms. The zero-order valence-electron chi connectivity index (χ0n) is 12.2. The second kappa shape index (κ2) is 6.23. The van der Waals surface area contributed by atoms with Crippen LogP contribution in [-0.4, -0.2) is 19.5 Å². The normalized spacial score (nSPS) is 11.0. The van der Waals surface area contributed by atoms with Gasteiger partial charge in [0.1, 0.15) is 5.82 Å². The summed E-state index contributed by atoms with van der Waals surface area (Å²) in [4.78, 5) is 25.5. The molecule has 0 aliphatic carbocycles. The molecule has 0 saturated heterocycles. The van der Waals surface area contributed by atoms with Gasteiger partial charge >= 0.3 is 0 Å². The number of hydrogen-bond acceptors (Lipinski definition) is 4. The van der Waals surface area contributed by atoms with Gasteiger partial charge in [0, 0.05) is 29.5 Å². The van der Waals surface area contributed by atoms with Gasteiger partial charge in [0.05, 0.1) is 0 Å². The molecule has 0 fully saturated rings. The van der Waals surface area contributed by atoms with Gasteiger partial charge in [-0.2, -0.15) is 0 Å². The average Bonchev–Trinajstić information content (AvgIpc) is 2.55. The van der Waals surface area contributed by atoms with Crippen LogP contribution in [0.15, 0.2) is 41.5 Å². The van der Waals surface area contributed by atoms with Gasteiger partial charge in [-0.15, -0.1) is 0 Å². The molecule has 0 atom stereocenters. The summed E-state index contributed by atoms with van der Waals surface area (Å²) in [6.07, 6.45) is 4.94. The van der Waals surface area contributed by atoms with Crippen molar-refractivity contribution in [3.05, 3.63) is 52.0 Å². The predicted octanol–water partition coefficient (Wildman–Crippen LogP) is 3.31. The number of halogens is 1. The van der Waals surface area contributed by atoms with Crippen LogP contribution in [0.4, 0.5) is 0 Å².